The van der Waals surface area contributed by atoms with Gasteiger partial charge in [-0.3, -0.25) is 38.4 Å². The molecule has 4 rings (SSSR count). The average Bonchev–Trinajstić information content (AvgIpc) is 1.40. The highest BCUT2D eigenvalue weighted by Crippen LogP contribution is 2.34. The van der Waals surface area contributed by atoms with Crippen molar-refractivity contribution in [1.82, 2.24) is 30.3 Å². The van der Waals surface area contributed by atoms with Gasteiger partial charge in [0.1, 0.15) is 11.5 Å². The standard InChI is InChI=1S/C74H117N9O17S/c1-14-51(8)69(63(93-12)46-65(88)83-31-19-23-59(83)70(94-13)52(9)60(84)44-55(72-77-30-41-101-72)42-53-20-16-15-17-21-53)82(11)73(91)58(48(2)3)45-62(86)68(50(6)7)81(10)66(89)47-99-57-26-24-56(25-27-57)79-71(90)54(22-18-29-78-74(75)92)43-61(85)67(49(4)5)80-64(87)28-32-95-33-34-96-35-36-97-37-38-98-39-40-100-76/h15-17,20-21,24-27,30,41,48-52,54-55,58-59,63,67-70H,14,18-19,22-23,28-29,31-40,42-47,76H2,1-13H3,(H,79,90)(H,80,87)(H3,75,78,92)/t51-,52-,54+,55+,58-,59-,63+,67-,68-,69-,70+/m0/s1. The molecule has 1 fully saturated rings. The van der Waals surface area contributed by atoms with Gasteiger partial charge in [-0.15, -0.1) is 11.3 Å². The number of ether oxygens (including phenoxy) is 7. The van der Waals surface area contributed by atoms with Gasteiger partial charge in [0.25, 0.3) is 5.91 Å². The van der Waals surface area contributed by atoms with Crippen LogP contribution in [0.15, 0.2) is 66.2 Å². The number of likely N-dealkylation sites (tertiary alicyclic amines) is 1. The fraction of sp³-hybridized carbons (Fsp3) is 0.676. The molecule has 1 saturated heterocycles. The van der Waals surface area contributed by atoms with E-state index in [-0.39, 0.29) is 123 Å². The minimum Gasteiger partial charge on any atom is -0.484 e. The minimum atomic E-state index is -0.915. The van der Waals surface area contributed by atoms with E-state index in [0.29, 0.717) is 89.9 Å². The van der Waals surface area contributed by atoms with Gasteiger partial charge in [-0.25, -0.2) is 15.7 Å². The molecular weight excluding hydrogens is 1320 g/mol. The number of anilines is 1. The summed E-state index contributed by atoms with van der Waals surface area (Å²) in [7, 11) is 6.38. The van der Waals surface area contributed by atoms with Gasteiger partial charge in [-0.1, -0.05) is 99.1 Å². The zero-order chi connectivity index (χ0) is 74.6. The molecule has 0 saturated carbocycles. The van der Waals surface area contributed by atoms with Crippen LogP contribution in [0.1, 0.15) is 143 Å². The summed E-state index contributed by atoms with van der Waals surface area (Å²) in [5.41, 5.74) is 6.76. The maximum atomic E-state index is 15.0. The summed E-state index contributed by atoms with van der Waals surface area (Å²) in [6.45, 7) is 20.0. The Morgan fingerprint density at radius 2 is 1.36 bits per heavy atom. The zero-order valence-electron chi connectivity index (χ0n) is 62.0. The van der Waals surface area contributed by atoms with E-state index in [1.54, 1.807) is 70.5 Å². The van der Waals surface area contributed by atoms with Gasteiger partial charge in [0.2, 0.25) is 23.6 Å². The minimum absolute atomic E-state index is 0.00959. The predicted octanol–water partition coefficient (Wildman–Crippen LogP) is 7.59. The van der Waals surface area contributed by atoms with Gasteiger partial charge in [0.15, 0.2) is 18.2 Å². The number of primary amides is 1. The monoisotopic (exact) mass is 1440 g/mol. The van der Waals surface area contributed by atoms with Gasteiger partial charge < -0.3 is 74.4 Å². The molecular formula is C74H117N9O17S. The average molecular weight is 1440 g/mol. The van der Waals surface area contributed by atoms with E-state index in [1.165, 1.54) is 23.3 Å². The number of ketones is 3. The van der Waals surface area contributed by atoms with Crippen LogP contribution in [0.25, 0.3) is 0 Å². The third-order valence-corrected chi connectivity index (χ3v) is 19.8. The van der Waals surface area contributed by atoms with Crippen molar-refractivity contribution in [2.75, 3.05) is 113 Å². The highest BCUT2D eigenvalue weighted by molar-refractivity contribution is 7.09. The Labute approximate surface area is 602 Å². The van der Waals surface area contributed by atoms with Crippen LogP contribution in [-0.2, 0) is 78.0 Å². The van der Waals surface area contributed by atoms with Crippen LogP contribution in [0, 0.1) is 41.4 Å². The summed E-state index contributed by atoms with van der Waals surface area (Å²) in [4.78, 5) is 139. The molecule has 0 spiro atoms. The number of thiazole rings is 1. The van der Waals surface area contributed by atoms with Crippen molar-refractivity contribution >= 4 is 69.9 Å². The van der Waals surface area contributed by atoms with E-state index in [1.807, 2.05) is 76.9 Å². The number of hydrogen-bond acceptors (Lipinski definition) is 20. The second kappa shape index (κ2) is 46.7. The molecule has 0 radical (unpaired) electrons. The molecule has 1 aliphatic heterocycles. The van der Waals surface area contributed by atoms with E-state index < -0.39 is 78.4 Å². The van der Waals surface area contributed by atoms with Crippen LogP contribution in [0.5, 0.6) is 5.75 Å². The lowest BCUT2D eigenvalue weighted by molar-refractivity contribution is -0.150. The summed E-state index contributed by atoms with van der Waals surface area (Å²) in [5, 5.41) is 11.0. The maximum Gasteiger partial charge on any atom is 0.312 e. The number of methoxy groups -OCH3 is 2. The van der Waals surface area contributed by atoms with E-state index >= 15 is 0 Å². The molecule has 27 heteroatoms. The van der Waals surface area contributed by atoms with E-state index in [2.05, 4.69) is 37.9 Å². The number of carbonyl (C=O) groups excluding carboxylic acids is 9. The van der Waals surface area contributed by atoms with Gasteiger partial charge in [-0.2, -0.15) is 0 Å². The molecule has 0 aliphatic carbocycles. The number of aromatic nitrogens is 1. The van der Waals surface area contributed by atoms with Crippen LogP contribution in [-0.4, -0.2) is 216 Å². The van der Waals surface area contributed by atoms with Crippen molar-refractivity contribution in [1.29, 1.82) is 0 Å². The predicted molar refractivity (Wildman–Crippen MR) is 385 cm³/mol. The Morgan fingerprint density at radius 3 is 1.91 bits per heavy atom. The number of urea groups is 1. The van der Waals surface area contributed by atoms with Crippen molar-refractivity contribution in [3.63, 3.8) is 0 Å². The largest absolute Gasteiger partial charge is 0.484 e. The summed E-state index contributed by atoms with van der Waals surface area (Å²) in [5.74, 6) is -0.529. The number of carbonyl (C=O) groups is 9. The lowest BCUT2D eigenvalue weighted by atomic mass is 9.83. The molecule has 26 nitrogen and oxygen atoms in total. The number of benzene rings is 2. The molecule has 1 aliphatic rings. The normalized spacial score (nSPS) is 16.1. The number of rotatable bonds is 52. The molecule has 7 N–H and O–H groups in total. The Hall–Kier alpha value is -6.82. The first-order valence-corrected chi connectivity index (χ1v) is 36.5. The zero-order valence-corrected chi connectivity index (χ0v) is 62.8. The van der Waals surface area contributed by atoms with Crippen LogP contribution in [0.4, 0.5) is 10.5 Å². The summed E-state index contributed by atoms with van der Waals surface area (Å²) in [6, 6.07) is 12.9. The number of amides is 7. The van der Waals surface area contributed by atoms with Crippen molar-refractivity contribution in [3.05, 3.63) is 76.7 Å². The summed E-state index contributed by atoms with van der Waals surface area (Å²) < 4.78 is 40.0. The van der Waals surface area contributed by atoms with E-state index in [9.17, 15) is 43.2 Å². The van der Waals surface area contributed by atoms with Crippen molar-refractivity contribution in [3.8, 4) is 5.75 Å². The molecule has 1 aromatic heterocycles. The highest BCUT2D eigenvalue weighted by Gasteiger charge is 2.44. The third-order valence-electron chi connectivity index (χ3n) is 18.8. The lowest BCUT2D eigenvalue weighted by Gasteiger charge is -2.41. The smallest absolute Gasteiger partial charge is 0.312 e. The Morgan fingerprint density at radius 1 is 0.723 bits per heavy atom. The fourth-order valence-electron chi connectivity index (χ4n) is 13.0. The molecule has 2 heterocycles. The number of nitrogens with zero attached hydrogens (tertiary/aromatic N) is 4. The van der Waals surface area contributed by atoms with Crippen molar-refractivity contribution in [2.24, 2.45) is 53.1 Å². The van der Waals surface area contributed by atoms with E-state index in [0.717, 1.165) is 17.0 Å². The van der Waals surface area contributed by atoms with Crippen molar-refractivity contribution < 1.29 is 81.1 Å². The van der Waals surface area contributed by atoms with Gasteiger partial charge in [0.05, 0.1) is 107 Å². The van der Waals surface area contributed by atoms with E-state index in [4.69, 9.17) is 44.8 Å². The molecule has 566 valence electrons. The topological polar surface area (TPSA) is 338 Å². The second-order valence-corrected chi connectivity index (χ2v) is 28.1. The van der Waals surface area contributed by atoms with Crippen LogP contribution in [0.3, 0.4) is 0 Å². The number of hydrogen-bond donors (Lipinski definition) is 5. The molecule has 2 aromatic carbocycles. The van der Waals surface area contributed by atoms with Gasteiger partial charge >= 0.3 is 6.03 Å². The summed E-state index contributed by atoms with van der Waals surface area (Å²) >= 11 is 1.54. The molecule has 0 bridgehead atoms. The maximum absolute atomic E-state index is 15.0. The Kier molecular flexibility index (Phi) is 40.1. The molecule has 3 aromatic rings. The van der Waals surface area contributed by atoms with Crippen LogP contribution in [0.2, 0.25) is 0 Å². The quantitative estimate of drug-likeness (QED) is 0.0268. The SMILES string of the molecule is CC[C@H](C)[C@@H]([C@@H](CC(=O)N1CCC[C@H]1[C@H](OC)[C@@H](C)C(=O)C[C@@H](Cc1ccccc1)c1nccs1)OC)N(C)C(=O)[C@@H](CC(=O)[C@H](C(C)C)N(C)C(=O)COc1ccc(NC(=O)[C@H](CCCNC(N)=O)CC(=O)[C@@H](NC(=O)CCOCCOCCOCCOCCON)C(C)C)cc1)C(C)C. The number of nitrogens with one attached hydrogen (secondary N) is 3. The first-order valence-electron chi connectivity index (χ1n) is 35.7. The first kappa shape index (κ1) is 86.6. The number of likely N-dealkylation sites (N-methyl/N-ethyl adjacent to an activating group) is 2. The number of nitrogens with two attached hydrogens (primary N) is 2. The number of Topliss-reactive ketones (excluding diaryl/α,β-unsaturated/α-hetero) is 3. The third kappa shape index (κ3) is 29.5. The first-order chi connectivity index (χ1) is 48.3. The Balaban J connectivity index is 1.35. The molecule has 101 heavy (non-hydrogen) atoms. The van der Waals surface area contributed by atoms with Crippen LogP contribution < -0.4 is 32.3 Å². The van der Waals surface area contributed by atoms with Crippen LogP contribution >= 0.6 is 11.3 Å². The lowest BCUT2D eigenvalue weighted by Crippen LogP contribution is -2.54. The van der Waals surface area contributed by atoms with Gasteiger partial charge in [-0.05, 0) is 85.6 Å². The molecule has 7 amide bonds. The molecule has 11 atom stereocenters. The van der Waals surface area contributed by atoms with Gasteiger partial charge in [0, 0.05) is 108 Å². The second-order valence-electron chi connectivity index (χ2n) is 27.2. The highest BCUT2D eigenvalue weighted by atomic mass is 32.1. The Bertz CT molecular complexity index is 2960. The van der Waals surface area contributed by atoms with Crippen molar-refractivity contribution in [2.45, 2.75) is 175 Å². The summed E-state index contributed by atoms with van der Waals surface area (Å²) in [6.07, 6.45) is 3.58. The molecule has 0 unspecified atom stereocenters. The fourth-order valence-corrected chi connectivity index (χ4v) is 13.8.